The van der Waals surface area contributed by atoms with Gasteiger partial charge in [0.1, 0.15) is 0 Å². The van der Waals surface area contributed by atoms with E-state index in [1.165, 1.54) is 12.1 Å². The zero-order valence-electron chi connectivity index (χ0n) is 10.9. The number of hydrogen-bond acceptors (Lipinski definition) is 4. The molecule has 4 nitrogen and oxygen atoms in total. The van der Waals surface area contributed by atoms with Crippen molar-refractivity contribution in [3.8, 4) is 0 Å². The molecule has 1 saturated carbocycles. The van der Waals surface area contributed by atoms with Crippen LogP contribution in [0.15, 0.2) is 23.1 Å². The Kier molecular flexibility index (Phi) is 5.31. The molecule has 0 bridgehead atoms. The van der Waals surface area contributed by atoms with Crippen LogP contribution in [0.4, 0.5) is 0 Å². The molecule has 0 amide bonds. The van der Waals surface area contributed by atoms with Gasteiger partial charge in [0.2, 0.25) is 0 Å². The second-order valence-electron chi connectivity index (χ2n) is 4.88. The number of sulfone groups is 1. The average Bonchev–Trinajstić information content (AvgIpc) is 3.21. The number of hydrogen-bond donors (Lipinski definition) is 1. The van der Waals surface area contributed by atoms with Gasteiger partial charge < -0.3 is 5.11 Å². The van der Waals surface area contributed by atoms with Crippen LogP contribution in [-0.2, 0) is 9.84 Å². The molecule has 0 aromatic heterocycles. The third-order valence-electron chi connectivity index (χ3n) is 3.33. The van der Waals surface area contributed by atoms with E-state index in [9.17, 15) is 8.42 Å². The lowest BCUT2D eigenvalue weighted by Crippen LogP contribution is -2.33. The number of nitrogens with zero attached hydrogens (tertiary/aromatic N) is 1. The van der Waals surface area contributed by atoms with Crippen LogP contribution < -0.4 is 0 Å². The highest BCUT2D eigenvalue weighted by atomic mass is 35.5. The largest absolute Gasteiger partial charge is 0.395 e. The Labute approximate surface area is 129 Å². The molecule has 2 rings (SSSR count). The van der Waals surface area contributed by atoms with Crippen molar-refractivity contribution in [3.63, 3.8) is 0 Å². The quantitative estimate of drug-likeness (QED) is 0.828. The van der Waals surface area contributed by atoms with E-state index in [1.807, 2.05) is 4.90 Å². The summed E-state index contributed by atoms with van der Waals surface area (Å²) < 4.78 is 24.6. The van der Waals surface area contributed by atoms with E-state index in [2.05, 4.69) is 0 Å². The predicted molar refractivity (Wildman–Crippen MR) is 80.2 cm³/mol. The first-order valence-electron chi connectivity index (χ1n) is 6.47. The van der Waals surface area contributed by atoms with Crippen LogP contribution >= 0.6 is 23.2 Å². The van der Waals surface area contributed by atoms with Crippen LogP contribution in [-0.4, -0.2) is 49.9 Å². The van der Waals surface area contributed by atoms with E-state index in [0.717, 1.165) is 12.8 Å². The van der Waals surface area contributed by atoms with E-state index in [-0.39, 0.29) is 22.3 Å². The highest BCUT2D eigenvalue weighted by Gasteiger charge is 2.30. The van der Waals surface area contributed by atoms with Gasteiger partial charge >= 0.3 is 0 Å². The lowest BCUT2D eigenvalue weighted by Gasteiger charge is -2.20. The fourth-order valence-corrected chi connectivity index (χ4v) is 4.18. The molecule has 1 aliphatic carbocycles. The minimum absolute atomic E-state index is 0.0242. The minimum atomic E-state index is -3.47. The van der Waals surface area contributed by atoms with Gasteiger partial charge in [-0.25, -0.2) is 8.42 Å². The SMILES string of the molecule is O=S(=O)(CCN(CCO)C1CC1)c1cc(Cl)ccc1Cl. The van der Waals surface area contributed by atoms with Crippen molar-refractivity contribution < 1.29 is 13.5 Å². The van der Waals surface area contributed by atoms with Crippen molar-refractivity contribution in [1.29, 1.82) is 0 Å². The van der Waals surface area contributed by atoms with Crippen molar-refractivity contribution in [2.75, 3.05) is 25.4 Å². The lowest BCUT2D eigenvalue weighted by atomic mass is 10.4. The molecule has 112 valence electrons. The van der Waals surface area contributed by atoms with Gasteiger partial charge in [0.05, 0.1) is 22.3 Å². The Balaban J connectivity index is 2.08. The van der Waals surface area contributed by atoms with Crippen LogP contribution in [0, 0.1) is 0 Å². The highest BCUT2D eigenvalue weighted by Crippen LogP contribution is 2.28. The molecule has 0 atom stereocenters. The van der Waals surface area contributed by atoms with E-state index < -0.39 is 9.84 Å². The number of halogens is 2. The maximum absolute atomic E-state index is 12.3. The Morgan fingerprint density at radius 1 is 1.25 bits per heavy atom. The third kappa shape index (κ3) is 4.09. The van der Waals surface area contributed by atoms with Crippen LogP contribution in [0.2, 0.25) is 10.0 Å². The molecule has 0 saturated heterocycles. The Morgan fingerprint density at radius 3 is 2.55 bits per heavy atom. The van der Waals surface area contributed by atoms with Crippen molar-refractivity contribution in [1.82, 2.24) is 4.90 Å². The molecule has 1 aromatic carbocycles. The summed E-state index contributed by atoms with van der Waals surface area (Å²) in [4.78, 5) is 2.09. The molecule has 0 aliphatic heterocycles. The van der Waals surface area contributed by atoms with Gasteiger partial charge in [0, 0.05) is 24.2 Å². The fraction of sp³-hybridized carbons (Fsp3) is 0.538. The summed E-state index contributed by atoms with van der Waals surface area (Å²) in [7, 11) is -3.47. The third-order valence-corrected chi connectivity index (χ3v) is 5.73. The van der Waals surface area contributed by atoms with Crippen LogP contribution in [0.1, 0.15) is 12.8 Å². The summed E-state index contributed by atoms with van der Waals surface area (Å²) in [6.07, 6.45) is 2.13. The van der Waals surface area contributed by atoms with Gasteiger partial charge in [-0.05, 0) is 31.0 Å². The zero-order valence-corrected chi connectivity index (χ0v) is 13.3. The molecule has 1 fully saturated rings. The summed E-state index contributed by atoms with van der Waals surface area (Å²) in [5.41, 5.74) is 0. The molecule has 0 radical (unpaired) electrons. The van der Waals surface area contributed by atoms with Crippen LogP contribution in [0.3, 0.4) is 0 Å². The maximum Gasteiger partial charge on any atom is 0.181 e. The average molecular weight is 338 g/mol. The molecule has 1 aliphatic rings. The zero-order chi connectivity index (χ0) is 14.8. The first kappa shape index (κ1) is 16.0. The Morgan fingerprint density at radius 2 is 1.95 bits per heavy atom. The summed E-state index contributed by atoms with van der Waals surface area (Å²) >= 11 is 11.8. The second-order valence-corrected chi connectivity index (χ2v) is 7.81. The minimum Gasteiger partial charge on any atom is -0.395 e. The molecule has 0 heterocycles. The first-order valence-corrected chi connectivity index (χ1v) is 8.87. The van der Waals surface area contributed by atoms with Crippen molar-refractivity contribution in [2.45, 2.75) is 23.8 Å². The molecular formula is C13H17Cl2NO3S. The van der Waals surface area contributed by atoms with E-state index in [4.69, 9.17) is 28.3 Å². The fourth-order valence-electron chi connectivity index (χ4n) is 2.11. The molecule has 7 heteroatoms. The van der Waals surface area contributed by atoms with E-state index >= 15 is 0 Å². The second kappa shape index (κ2) is 6.62. The monoisotopic (exact) mass is 337 g/mol. The van der Waals surface area contributed by atoms with Gasteiger partial charge in [-0.2, -0.15) is 0 Å². The van der Waals surface area contributed by atoms with Gasteiger partial charge in [-0.15, -0.1) is 0 Å². The normalized spacial score (nSPS) is 15.8. The van der Waals surface area contributed by atoms with Crippen molar-refractivity contribution in [3.05, 3.63) is 28.2 Å². The molecular weight excluding hydrogens is 321 g/mol. The number of rotatable bonds is 7. The highest BCUT2D eigenvalue weighted by molar-refractivity contribution is 7.91. The molecule has 20 heavy (non-hydrogen) atoms. The predicted octanol–water partition coefficient (Wildman–Crippen LogP) is 2.22. The first-order chi connectivity index (χ1) is 9.44. The summed E-state index contributed by atoms with van der Waals surface area (Å²) in [5, 5.41) is 9.55. The van der Waals surface area contributed by atoms with E-state index in [0.29, 0.717) is 24.2 Å². The number of aliphatic hydroxyl groups is 1. The van der Waals surface area contributed by atoms with Gasteiger partial charge in [0.15, 0.2) is 9.84 Å². The van der Waals surface area contributed by atoms with Gasteiger partial charge in [-0.1, -0.05) is 23.2 Å². The van der Waals surface area contributed by atoms with E-state index in [1.54, 1.807) is 6.07 Å². The molecule has 1 aromatic rings. The number of aliphatic hydroxyl groups excluding tert-OH is 1. The summed E-state index contributed by atoms with van der Waals surface area (Å²) in [6.45, 7) is 0.939. The maximum atomic E-state index is 12.3. The van der Waals surface area contributed by atoms with Gasteiger partial charge in [-0.3, -0.25) is 4.90 Å². The summed E-state index contributed by atoms with van der Waals surface area (Å²) in [6, 6.07) is 4.84. The standard InChI is InChI=1S/C13H17Cl2NO3S/c14-10-1-4-12(15)13(9-10)20(18,19)8-6-16(5-7-17)11-2-3-11/h1,4,9,11,17H,2-3,5-8H2. The van der Waals surface area contributed by atoms with Crippen molar-refractivity contribution >= 4 is 33.0 Å². The van der Waals surface area contributed by atoms with Crippen LogP contribution in [0.5, 0.6) is 0 Å². The smallest absolute Gasteiger partial charge is 0.181 e. The summed E-state index contributed by atoms with van der Waals surface area (Å²) in [5.74, 6) is -0.0242. The van der Waals surface area contributed by atoms with Crippen molar-refractivity contribution in [2.24, 2.45) is 0 Å². The van der Waals surface area contributed by atoms with Gasteiger partial charge in [0.25, 0.3) is 0 Å². The topological polar surface area (TPSA) is 57.6 Å². The molecule has 0 unspecified atom stereocenters. The van der Waals surface area contributed by atoms with Crippen LogP contribution in [0.25, 0.3) is 0 Å². The number of benzene rings is 1. The lowest BCUT2D eigenvalue weighted by molar-refractivity contribution is 0.196. The Bertz CT molecular complexity index is 573. The Hall–Kier alpha value is -0.330. The molecule has 1 N–H and O–H groups in total. The molecule has 0 spiro atoms.